The Morgan fingerprint density at radius 1 is 0.875 bits per heavy atom. The summed E-state index contributed by atoms with van der Waals surface area (Å²) in [4.78, 5) is 27.4. The van der Waals surface area contributed by atoms with E-state index in [-0.39, 0.29) is 5.70 Å². The zero-order valence-corrected chi connectivity index (χ0v) is 18.5. The van der Waals surface area contributed by atoms with Gasteiger partial charge in [-0.3, -0.25) is 9.59 Å². The highest BCUT2D eigenvalue weighted by Gasteiger charge is 2.14. The fraction of sp³-hybridized carbons (Fsp3) is 0.0800. The number of hydrazone groups is 1. The van der Waals surface area contributed by atoms with Crippen LogP contribution >= 0.6 is 11.6 Å². The number of rotatable bonds is 7. The normalized spacial score (nSPS) is 11.3. The molecule has 0 aliphatic carbocycles. The van der Waals surface area contributed by atoms with Crippen LogP contribution in [0.4, 0.5) is 5.69 Å². The van der Waals surface area contributed by atoms with E-state index in [2.05, 4.69) is 15.8 Å². The highest BCUT2D eigenvalue weighted by atomic mass is 35.5. The van der Waals surface area contributed by atoms with Gasteiger partial charge in [-0.2, -0.15) is 5.10 Å². The number of nitrogens with zero attached hydrogens (tertiary/aromatic N) is 2. The van der Waals surface area contributed by atoms with E-state index in [4.69, 9.17) is 11.6 Å². The summed E-state index contributed by atoms with van der Waals surface area (Å²) in [6.45, 7) is 0. The lowest BCUT2D eigenvalue weighted by molar-refractivity contribution is -0.117. The van der Waals surface area contributed by atoms with Crippen LogP contribution in [-0.2, 0) is 4.79 Å². The van der Waals surface area contributed by atoms with E-state index in [0.717, 1.165) is 16.8 Å². The van der Waals surface area contributed by atoms with Gasteiger partial charge in [0.1, 0.15) is 5.70 Å². The SMILES string of the molecule is CN(C)c1ccc(C=C(NC(=O)c2ccccc2)C(=O)NN=Cc2ccc(Cl)cc2)cc1. The topological polar surface area (TPSA) is 73.8 Å². The molecule has 0 saturated carbocycles. The van der Waals surface area contributed by atoms with Crippen molar-refractivity contribution in [3.8, 4) is 0 Å². The van der Waals surface area contributed by atoms with E-state index < -0.39 is 11.8 Å². The number of anilines is 1. The smallest absolute Gasteiger partial charge is 0.287 e. The Morgan fingerprint density at radius 3 is 2.12 bits per heavy atom. The molecule has 162 valence electrons. The van der Waals surface area contributed by atoms with E-state index in [1.165, 1.54) is 6.21 Å². The van der Waals surface area contributed by atoms with Gasteiger partial charge in [0.15, 0.2) is 0 Å². The standard InChI is InChI=1S/C25H23ClN4O2/c1-30(2)22-14-10-18(11-15-22)16-23(28-24(31)20-6-4-3-5-7-20)25(32)29-27-17-19-8-12-21(26)13-9-19/h3-17H,1-2H3,(H,28,31)(H,29,32). The van der Waals surface area contributed by atoms with Crippen molar-refractivity contribution >= 4 is 41.4 Å². The first-order chi connectivity index (χ1) is 15.4. The van der Waals surface area contributed by atoms with Crippen LogP contribution in [0, 0.1) is 0 Å². The molecule has 32 heavy (non-hydrogen) atoms. The first-order valence-electron chi connectivity index (χ1n) is 9.87. The third-order valence-corrected chi connectivity index (χ3v) is 4.75. The largest absolute Gasteiger partial charge is 0.378 e. The minimum absolute atomic E-state index is 0.0738. The van der Waals surface area contributed by atoms with E-state index in [1.807, 2.05) is 49.3 Å². The van der Waals surface area contributed by atoms with E-state index in [9.17, 15) is 9.59 Å². The summed E-state index contributed by atoms with van der Waals surface area (Å²) >= 11 is 5.88. The van der Waals surface area contributed by atoms with Gasteiger partial charge in [-0.1, -0.05) is 54.1 Å². The molecule has 3 aromatic carbocycles. The minimum Gasteiger partial charge on any atom is -0.378 e. The van der Waals surface area contributed by atoms with Crippen molar-refractivity contribution in [1.82, 2.24) is 10.7 Å². The Balaban J connectivity index is 1.80. The summed E-state index contributed by atoms with van der Waals surface area (Å²) in [6.07, 6.45) is 3.10. The Labute approximate surface area is 192 Å². The lowest BCUT2D eigenvalue weighted by Crippen LogP contribution is -2.32. The molecule has 0 bridgehead atoms. The summed E-state index contributed by atoms with van der Waals surface area (Å²) in [5.74, 6) is -0.935. The highest BCUT2D eigenvalue weighted by molar-refractivity contribution is 6.30. The molecule has 0 spiro atoms. The van der Waals surface area contributed by atoms with Gasteiger partial charge in [0.25, 0.3) is 11.8 Å². The molecule has 0 aliphatic heterocycles. The van der Waals surface area contributed by atoms with Crippen molar-refractivity contribution in [3.05, 3.63) is 106 Å². The maximum atomic E-state index is 12.8. The van der Waals surface area contributed by atoms with Crippen molar-refractivity contribution < 1.29 is 9.59 Å². The number of nitrogens with one attached hydrogen (secondary N) is 2. The Morgan fingerprint density at radius 2 is 1.50 bits per heavy atom. The maximum Gasteiger partial charge on any atom is 0.287 e. The van der Waals surface area contributed by atoms with Gasteiger partial charge in [0.05, 0.1) is 6.21 Å². The Kier molecular flexibility index (Phi) is 7.78. The van der Waals surface area contributed by atoms with Crippen LogP contribution in [0.3, 0.4) is 0 Å². The van der Waals surface area contributed by atoms with E-state index in [0.29, 0.717) is 10.6 Å². The number of amides is 2. The van der Waals surface area contributed by atoms with Crippen LogP contribution in [0.1, 0.15) is 21.5 Å². The highest BCUT2D eigenvalue weighted by Crippen LogP contribution is 2.15. The van der Waals surface area contributed by atoms with Crippen molar-refractivity contribution in [3.63, 3.8) is 0 Å². The van der Waals surface area contributed by atoms with Gasteiger partial charge in [0.2, 0.25) is 0 Å². The first-order valence-corrected chi connectivity index (χ1v) is 10.2. The van der Waals surface area contributed by atoms with Crippen molar-refractivity contribution in [2.24, 2.45) is 5.10 Å². The molecular weight excluding hydrogens is 424 g/mol. The molecule has 0 aliphatic rings. The van der Waals surface area contributed by atoms with Crippen LogP contribution in [0.5, 0.6) is 0 Å². The Bertz CT molecular complexity index is 1120. The summed E-state index contributed by atoms with van der Waals surface area (Å²) < 4.78 is 0. The molecule has 0 aromatic heterocycles. The number of carbonyl (C=O) groups excluding carboxylic acids is 2. The molecule has 3 rings (SSSR count). The third-order valence-electron chi connectivity index (χ3n) is 4.50. The summed E-state index contributed by atoms with van der Waals surface area (Å²) in [6, 6.07) is 23.3. The molecule has 0 heterocycles. The zero-order chi connectivity index (χ0) is 22.9. The van der Waals surface area contributed by atoms with Crippen molar-refractivity contribution in [2.75, 3.05) is 19.0 Å². The second-order valence-electron chi connectivity index (χ2n) is 7.11. The number of benzene rings is 3. The quantitative estimate of drug-likeness (QED) is 0.322. The van der Waals surface area contributed by atoms with Gasteiger partial charge in [-0.25, -0.2) is 5.43 Å². The first kappa shape index (κ1) is 22.8. The fourth-order valence-electron chi connectivity index (χ4n) is 2.75. The zero-order valence-electron chi connectivity index (χ0n) is 17.7. The average Bonchev–Trinajstić information content (AvgIpc) is 2.80. The van der Waals surface area contributed by atoms with Gasteiger partial charge in [-0.05, 0) is 53.6 Å². The molecule has 2 N–H and O–H groups in total. The number of carbonyl (C=O) groups is 2. The molecular formula is C25H23ClN4O2. The molecule has 7 heteroatoms. The number of hydrogen-bond acceptors (Lipinski definition) is 4. The summed E-state index contributed by atoms with van der Waals surface area (Å²) in [5, 5.41) is 7.28. The average molecular weight is 447 g/mol. The predicted octanol–water partition coefficient (Wildman–Crippen LogP) is 4.33. The maximum absolute atomic E-state index is 12.8. The summed E-state index contributed by atoms with van der Waals surface area (Å²) in [7, 11) is 3.89. The van der Waals surface area contributed by atoms with Gasteiger partial charge < -0.3 is 10.2 Å². The van der Waals surface area contributed by atoms with Gasteiger partial charge in [0, 0.05) is 30.4 Å². The molecule has 0 unspecified atom stereocenters. The monoisotopic (exact) mass is 446 g/mol. The third kappa shape index (κ3) is 6.55. The minimum atomic E-state index is -0.545. The number of hydrogen-bond donors (Lipinski definition) is 2. The second-order valence-corrected chi connectivity index (χ2v) is 7.55. The predicted molar refractivity (Wildman–Crippen MR) is 130 cm³/mol. The molecule has 2 amide bonds. The fourth-order valence-corrected chi connectivity index (χ4v) is 2.88. The van der Waals surface area contributed by atoms with Crippen molar-refractivity contribution in [1.29, 1.82) is 0 Å². The molecule has 0 atom stereocenters. The summed E-state index contributed by atoms with van der Waals surface area (Å²) in [5.41, 5.74) is 5.53. The van der Waals surface area contributed by atoms with Crippen LogP contribution in [0.2, 0.25) is 5.02 Å². The lowest BCUT2D eigenvalue weighted by atomic mass is 10.1. The van der Waals surface area contributed by atoms with E-state index >= 15 is 0 Å². The van der Waals surface area contributed by atoms with Crippen LogP contribution in [0.25, 0.3) is 6.08 Å². The molecule has 0 fully saturated rings. The van der Waals surface area contributed by atoms with Crippen molar-refractivity contribution in [2.45, 2.75) is 0 Å². The molecule has 0 saturated heterocycles. The molecule has 6 nitrogen and oxygen atoms in total. The molecule has 0 radical (unpaired) electrons. The van der Waals surface area contributed by atoms with Crippen LogP contribution in [-0.4, -0.2) is 32.1 Å². The van der Waals surface area contributed by atoms with E-state index in [1.54, 1.807) is 54.6 Å². The molecule has 3 aromatic rings. The Hall–Kier alpha value is -3.90. The lowest BCUT2D eigenvalue weighted by Gasteiger charge is -2.12. The number of halogens is 1. The second kappa shape index (κ2) is 10.9. The van der Waals surface area contributed by atoms with Gasteiger partial charge in [-0.15, -0.1) is 0 Å². The van der Waals surface area contributed by atoms with Crippen LogP contribution < -0.4 is 15.6 Å². The van der Waals surface area contributed by atoms with Crippen LogP contribution in [0.15, 0.2) is 89.7 Å². The van der Waals surface area contributed by atoms with Gasteiger partial charge >= 0.3 is 0 Å².